The van der Waals surface area contributed by atoms with E-state index in [1.165, 1.54) is 28.6 Å². The average Bonchev–Trinajstić information content (AvgIpc) is 3.14. The summed E-state index contributed by atoms with van der Waals surface area (Å²) in [6, 6.07) is 8.97. The third-order valence-electron chi connectivity index (χ3n) is 5.06. The first kappa shape index (κ1) is 21.8. The lowest BCUT2D eigenvalue weighted by Crippen LogP contribution is -2.35. The minimum Gasteiger partial charge on any atom is -0.368 e. The largest absolute Gasteiger partial charge is 0.368 e. The SMILES string of the molecule is Nc1nc(Nc2ccc(S(=O)(=O)N3CCCCC3)cc2)nn1C(=O)c1c(F)cccc1F. The van der Waals surface area contributed by atoms with Gasteiger partial charge in [-0.3, -0.25) is 4.79 Å². The number of anilines is 3. The maximum atomic E-state index is 13.9. The highest BCUT2D eigenvalue weighted by Crippen LogP contribution is 2.23. The standard InChI is InChI=1S/C20H20F2N6O3S/c21-15-5-4-6-16(22)17(15)18(29)28-19(23)25-20(26-28)24-13-7-9-14(10-8-13)32(30,31)27-11-2-1-3-12-27/h4-10H,1-3,11-12H2,(H3,23,24,25,26). The normalized spacial score (nSPS) is 14.9. The quantitative estimate of drug-likeness (QED) is 0.598. The van der Waals surface area contributed by atoms with Crippen molar-refractivity contribution < 1.29 is 22.0 Å². The number of aromatic nitrogens is 3. The van der Waals surface area contributed by atoms with E-state index >= 15 is 0 Å². The Morgan fingerprint density at radius 3 is 2.25 bits per heavy atom. The fourth-order valence-electron chi connectivity index (χ4n) is 3.43. The van der Waals surface area contributed by atoms with Gasteiger partial charge in [0.05, 0.1) is 4.90 Å². The summed E-state index contributed by atoms with van der Waals surface area (Å²) < 4.78 is 55.3. The van der Waals surface area contributed by atoms with E-state index < -0.39 is 33.1 Å². The highest BCUT2D eigenvalue weighted by atomic mass is 32.2. The molecule has 0 atom stereocenters. The number of carbonyl (C=O) groups excluding carboxylic acids is 1. The second-order valence-electron chi connectivity index (χ2n) is 7.22. The van der Waals surface area contributed by atoms with E-state index in [1.807, 2.05) is 0 Å². The fourth-order valence-corrected chi connectivity index (χ4v) is 4.95. The van der Waals surface area contributed by atoms with Crippen molar-refractivity contribution in [2.24, 2.45) is 0 Å². The van der Waals surface area contributed by atoms with Gasteiger partial charge < -0.3 is 11.1 Å². The monoisotopic (exact) mass is 462 g/mol. The van der Waals surface area contributed by atoms with Crippen molar-refractivity contribution in [1.29, 1.82) is 0 Å². The van der Waals surface area contributed by atoms with E-state index in [-0.39, 0.29) is 16.8 Å². The van der Waals surface area contributed by atoms with Crippen LogP contribution in [0.3, 0.4) is 0 Å². The van der Waals surface area contributed by atoms with Gasteiger partial charge in [0.2, 0.25) is 21.9 Å². The molecular formula is C20H20F2N6O3S. The lowest BCUT2D eigenvalue weighted by Gasteiger charge is -2.25. The minimum atomic E-state index is -3.57. The third-order valence-corrected chi connectivity index (χ3v) is 6.98. The second kappa shape index (κ2) is 8.63. The molecule has 12 heteroatoms. The molecule has 32 heavy (non-hydrogen) atoms. The zero-order chi connectivity index (χ0) is 22.9. The van der Waals surface area contributed by atoms with Crippen LogP contribution in [0.2, 0.25) is 0 Å². The molecule has 1 aromatic heterocycles. The molecule has 0 spiro atoms. The van der Waals surface area contributed by atoms with Gasteiger partial charge in [-0.25, -0.2) is 17.2 Å². The molecule has 4 rings (SSSR count). The minimum absolute atomic E-state index is 0.0979. The predicted molar refractivity (Wildman–Crippen MR) is 113 cm³/mol. The molecule has 0 bridgehead atoms. The zero-order valence-corrected chi connectivity index (χ0v) is 17.6. The number of halogens is 2. The highest BCUT2D eigenvalue weighted by Gasteiger charge is 2.26. The molecular weight excluding hydrogens is 442 g/mol. The number of nitrogens with zero attached hydrogens (tertiary/aromatic N) is 4. The van der Waals surface area contributed by atoms with Gasteiger partial charge in [-0.05, 0) is 49.2 Å². The molecule has 1 saturated heterocycles. The van der Waals surface area contributed by atoms with Gasteiger partial charge in [0.15, 0.2) is 0 Å². The van der Waals surface area contributed by atoms with Crippen molar-refractivity contribution in [2.75, 3.05) is 24.1 Å². The van der Waals surface area contributed by atoms with E-state index in [4.69, 9.17) is 5.73 Å². The summed E-state index contributed by atoms with van der Waals surface area (Å²) in [5, 5.41) is 6.66. The Morgan fingerprint density at radius 2 is 1.62 bits per heavy atom. The third kappa shape index (κ3) is 4.18. The first-order chi connectivity index (χ1) is 15.3. The van der Waals surface area contributed by atoms with Gasteiger partial charge in [-0.1, -0.05) is 12.5 Å². The van der Waals surface area contributed by atoms with Gasteiger partial charge in [-0.2, -0.15) is 14.0 Å². The molecule has 1 aliphatic heterocycles. The van der Waals surface area contributed by atoms with Crippen molar-refractivity contribution in [3.05, 3.63) is 59.7 Å². The molecule has 168 valence electrons. The number of hydrogen-bond donors (Lipinski definition) is 2. The summed E-state index contributed by atoms with van der Waals surface area (Å²) >= 11 is 0. The molecule has 3 N–H and O–H groups in total. The molecule has 0 aliphatic carbocycles. The summed E-state index contributed by atoms with van der Waals surface area (Å²) in [5.74, 6) is -3.68. The molecule has 2 heterocycles. The number of piperidine rings is 1. The Morgan fingerprint density at radius 1 is 1.00 bits per heavy atom. The van der Waals surface area contributed by atoms with Gasteiger partial charge >= 0.3 is 0 Å². The van der Waals surface area contributed by atoms with Crippen LogP contribution in [-0.4, -0.2) is 46.5 Å². The van der Waals surface area contributed by atoms with Crippen molar-refractivity contribution in [3.8, 4) is 0 Å². The number of rotatable bonds is 5. The Kier molecular flexibility index (Phi) is 5.89. The molecule has 3 aromatic rings. The molecule has 1 aliphatic rings. The summed E-state index contributed by atoms with van der Waals surface area (Å²) in [7, 11) is -3.57. The van der Waals surface area contributed by atoms with Crippen LogP contribution in [0.15, 0.2) is 47.4 Å². The highest BCUT2D eigenvalue weighted by molar-refractivity contribution is 7.89. The first-order valence-electron chi connectivity index (χ1n) is 9.86. The van der Waals surface area contributed by atoms with E-state index in [1.54, 1.807) is 0 Å². The van der Waals surface area contributed by atoms with Crippen molar-refractivity contribution >= 4 is 33.5 Å². The van der Waals surface area contributed by atoms with E-state index in [9.17, 15) is 22.0 Å². The number of sulfonamides is 1. The van der Waals surface area contributed by atoms with Gasteiger partial charge in [-0.15, -0.1) is 5.10 Å². The molecule has 0 amide bonds. The number of carbonyl (C=O) groups is 1. The van der Waals surface area contributed by atoms with Crippen molar-refractivity contribution in [2.45, 2.75) is 24.2 Å². The zero-order valence-electron chi connectivity index (χ0n) is 16.8. The van der Waals surface area contributed by atoms with Crippen molar-refractivity contribution in [3.63, 3.8) is 0 Å². The number of nitrogen functional groups attached to an aromatic ring is 1. The molecule has 1 fully saturated rings. The lowest BCUT2D eigenvalue weighted by molar-refractivity contribution is 0.0939. The van der Waals surface area contributed by atoms with Gasteiger partial charge in [0.25, 0.3) is 5.91 Å². The van der Waals surface area contributed by atoms with E-state index in [0.717, 1.165) is 37.5 Å². The lowest BCUT2D eigenvalue weighted by atomic mass is 10.2. The van der Waals surface area contributed by atoms with Crippen LogP contribution in [-0.2, 0) is 10.0 Å². The van der Waals surface area contributed by atoms with E-state index in [0.29, 0.717) is 23.5 Å². The number of nitrogens with one attached hydrogen (secondary N) is 1. The molecule has 2 aromatic carbocycles. The van der Waals surface area contributed by atoms with Gasteiger partial charge in [0, 0.05) is 18.8 Å². The number of benzene rings is 2. The molecule has 0 radical (unpaired) electrons. The van der Waals surface area contributed by atoms with Crippen molar-refractivity contribution in [1.82, 2.24) is 19.1 Å². The Hall–Kier alpha value is -3.38. The molecule has 0 saturated carbocycles. The van der Waals surface area contributed by atoms with Crippen LogP contribution in [0.4, 0.5) is 26.4 Å². The Balaban J connectivity index is 1.52. The summed E-state index contributed by atoms with van der Waals surface area (Å²) in [4.78, 5) is 16.5. The number of nitrogens with two attached hydrogens (primary N) is 1. The fraction of sp³-hybridized carbons (Fsp3) is 0.250. The smallest absolute Gasteiger partial charge is 0.287 e. The average molecular weight is 462 g/mol. The summed E-state index contributed by atoms with van der Waals surface area (Å²) in [5.41, 5.74) is 5.33. The Labute approximate surface area is 182 Å². The topological polar surface area (TPSA) is 123 Å². The molecule has 0 unspecified atom stereocenters. The van der Waals surface area contributed by atoms with Crippen LogP contribution in [0.5, 0.6) is 0 Å². The van der Waals surface area contributed by atoms with Crippen LogP contribution in [0.25, 0.3) is 0 Å². The molecule has 9 nitrogen and oxygen atoms in total. The first-order valence-corrected chi connectivity index (χ1v) is 11.3. The van der Waals surface area contributed by atoms with E-state index in [2.05, 4.69) is 15.4 Å². The maximum Gasteiger partial charge on any atom is 0.287 e. The van der Waals surface area contributed by atoms with Crippen LogP contribution < -0.4 is 11.1 Å². The van der Waals surface area contributed by atoms with Crippen LogP contribution in [0, 0.1) is 11.6 Å². The second-order valence-corrected chi connectivity index (χ2v) is 9.16. The number of hydrogen-bond acceptors (Lipinski definition) is 7. The van der Waals surface area contributed by atoms with Crippen LogP contribution in [0.1, 0.15) is 29.6 Å². The Bertz CT molecular complexity index is 1230. The van der Waals surface area contributed by atoms with Gasteiger partial charge in [0.1, 0.15) is 17.2 Å². The summed E-state index contributed by atoms with van der Waals surface area (Å²) in [6.45, 7) is 0.999. The van der Waals surface area contributed by atoms with Crippen LogP contribution >= 0.6 is 0 Å². The predicted octanol–water partition coefficient (Wildman–Crippen LogP) is 2.75. The summed E-state index contributed by atoms with van der Waals surface area (Å²) in [6.07, 6.45) is 2.69. The maximum absolute atomic E-state index is 13.9.